The molecule has 0 fully saturated rings. The standard InChI is InChI=1S/C15H20BrN3S/c1-3-12(17)15(13-7-8-14(16)20-13)19(2)10-11-6-4-5-9-18-11/h4-9,12,15H,3,10,17H2,1-2H3. The molecule has 3 nitrogen and oxygen atoms in total. The Kier molecular flexibility index (Phi) is 5.72. The van der Waals surface area contributed by atoms with Crippen LogP contribution in [0, 0.1) is 0 Å². The van der Waals surface area contributed by atoms with Crippen LogP contribution < -0.4 is 5.73 Å². The molecular formula is C15H20BrN3S. The van der Waals surface area contributed by atoms with E-state index in [9.17, 15) is 0 Å². The molecule has 2 aromatic heterocycles. The van der Waals surface area contributed by atoms with Crippen molar-refractivity contribution in [2.45, 2.75) is 32.0 Å². The highest BCUT2D eigenvalue weighted by molar-refractivity contribution is 9.11. The molecule has 0 saturated heterocycles. The average molecular weight is 354 g/mol. The Hall–Kier alpha value is -0.750. The molecule has 0 saturated carbocycles. The summed E-state index contributed by atoms with van der Waals surface area (Å²) in [7, 11) is 2.11. The van der Waals surface area contributed by atoms with Gasteiger partial charge in [0.1, 0.15) is 0 Å². The molecule has 0 aliphatic carbocycles. The molecular weight excluding hydrogens is 334 g/mol. The number of hydrogen-bond donors (Lipinski definition) is 1. The maximum Gasteiger partial charge on any atom is 0.0702 e. The van der Waals surface area contributed by atoms with Gasteiger partial charge >= 0.3 is 0 Å². The number of halogens is 1. The quantitative estimate of drug-likeness (QED) is 0.858. The topological polar surface area (TPSA) is 42.1 Å². The zero-order chi connectivity index (χ0) is 14.5. The average Bonchev–Trinajstić information content (AvgIpc) is 2.86. The van der Waals surface area contributed by atoms with E-state index in [1.807, 2.05) is 18.3 Å². The van der Waals surface area contributed by atoms with Crippen molar-refractivity contribution in [2.75, 3.05) is 7.05 Å². The lowest BCUT2D eigenvalue weighted by atomic mass is 10.0. The van der Waals surface area contributed by atoms with Gasteiger partial charge in [0.05, 0.1) is 15.5 Å². The molecule has 0 aromatic carbocycles. The largest absolute Gasteiger partial charge is 0.326 e. The molecule has 108 valence electrons. The molecule has 2 unspecified atom stereocenters. The van der Waals surface area contributed by atoms with E-state index in [0.29, 0.717) is 0 Å². The minimum atomic E-state index is 0.120. The lowest BCUT2D eigenvalue weighted by molar-refractivity contribution is 0.203. The Morgan fingerprint density at radius 3 is 2.70 bits per heavy atom. The summed E-state index contributed by atoms with van der Waals surface area (Å²) in [4.78, 5) is 7.98. The van der Waals surface area contributed by atoms with Crippen LogP contribution in [0.1, 0.15) is 30.0 Å². The first-order valence-corrected chi connectivity index (χ1v) is 8.33. The third-order valence-corrected chi connectivity index (χ3v) is 5.07. The van der Waals surface area contributed by atoms with Gasteiger partial charge in [0, 0.05) is 23.7 Å². The van der Waals surface area contributed by atoms with Crippen LogP contribution in [0.25, 0.3) is 0 Å². The number of aromatic nitrogens is 1. The summed E-state index contributed by atoms with van der Waals surface area (Å²) in [6.07, 6.45) is 2.78. The molecule has 2 atom stereocenters. The summed E-state index contributed by atoms with van der Waals surface area (Å²) in [5.41, 5.74) is 7.41. The summed E-state index contributed by atoms with van der Waals surface area (Å²) in [6, 6.07) is 10.6. The van der Waals surface area contributed by atoms with Crippen LogP contribution in [0.5, 0.6) is 0 Å². The fourth-order valence-electron chi connectivity index (χ4n) is 2.31. The van der Waals surface area contributed by atoms with Crippen molar-refractivity contribution >= 4 is 27.3 Å². The number of pyridine rings is 1. The van der Waals surface area contributed by atoms with Crippen LogP contribution in [-0.4, -0.2) is 23.0 Å². The predicted molar refractivity (Wildman–Crippen MR) is 88.7 cm³/mol. The molecule has 0 aliphatic heterocycles. The van der Waals surface area contributed by atoms with Gasteiger partial charge in [0.15, 0.2) is 0 Å². The molecule has 0 aliphatic rings. The highest BCUT2D eigenvalue weighted by Gasteiger charge is 2.24. The lowest BCUT2D eigenvalue weighted by Gasteiger charge is -2.31. The number of hydrogen-bond acceptors (Lipinski definition) is 4. The van der Waals surface area contributed by atoms with Crippen LogP contribution in [0.4, 0.5) is 0 Å². The summed E-state index contributed by atoms with van der Waals surface area (Å²) in [5, 5.41) is 0. The first kappa shape index (κ1) is 15.6. The van der Waals surface area contributed by atoms with Crippen molar-refractivity contribution in [2.24, 2.45) is 5.73 Å². The van der Waals surface area contributed by atoms with Gasteiger partial charge < -0.3 is 5.73 Å². The minimum Gasteiger partial charge on any atom is -0.326 e. The minimum absolute atomic E-state index is 0.120. The van der Waals surface area contributed by atoms with Gasteiger partial charge in [0.25, 0.3) is 0 Å². The molecule has 0 radical (unpaired) electrons. The molecule has 2 aromatic rings. The SMILES string of the molecule is CCC(N)C(c1ccc(Br)s1)N(C)Cc1ccccn1. The Morgan fingerprint density at radius 2 is 2.15 bits per heavy atom. The zero-order valence-corrected chi connectivity index (χ0v) is 14.2. The first-order chi connectivity index (χ1) is 9.61. The van der Waals surface area contributed by atoms with Crippen molar-refractivity contribution in [1.29, 1.82) is 0 Å². The van der Waals surface area contributed by atoms with Crippen LogP contribution in [0.3, 0.4) is 0 Å². The van der Waals surface area contributed by atoms with E-state index in [2.05, 4.69) is 58.0 Å². The summed E-state index contributed by atoms with van der Waals surface area (Å²) in [6.45, 7) is 2.93. The fourth-order valence-corrected chi connectivity index (χ4v) is 3.98. The molecule has 5 heteroatoms. The predicted octanol–water partition coefficient (Wildman–Crippen LogP) is 3.82. The number of thiophene rings is 1. The van der Waals surface area contributed by atoms with Gasteiger partial charge in [-0.05, 0) is 53.7 Å². The maximum atomic E-state index is 6.34. The summed E-state index contributed by atoms with van der Waals surface area (Å²) >= 11 is 5.29. The second-order valence-corrected chi connectivity index (χ2v) is 7.39. The number of rotatable bonds is 6. The number of nitrogens with zero attached hydrogens (tertiary/aromatic N) is 2. The van der Waals surface area contributed by atoms with E-state index in [-0.39, 0.29) is 12.1 Å². The first-order valence-electron chi connectivity index (χ1n) is 6.72. The zero-order valence-electron chi connectivity index (χ0n) is 11.8. The second-order valence-electron chi connectivity index (χ2n) is 4.90. The second kappa shape index (κ2) is 7.31. The van der Waals surface area contributed by atoms with Crippen molar-refractivity contribution in [3.8, 4) is 0 Å². The molecule has 2 heterocycles. The summed E-state index contributed by atoms with van der Waals surface area (Å²) < 4.78 is 1.15. The van der Waals surface area contributed by atoms with Crippen LogP contribution in [0.15, 0.2) is 40.3 Å². The van der Waals surface area contributed by atoms with Gasteiger partial charge in [-0.1, -0.05) is 13.0 Å². The van der Waals surface area contributed by atoms with E-state index in [1.165, 1.54) is 4.88 Å². The maximum absolute atomic E-state index is 6.34. The normalized spacial score (nSPS) is 14.4. The number of nitrogens with two attached hydrogens (primary N) is 1. The molecule has 0 bridgehead atoms. The van der Waals surface area contributed by atoms with Crippen molar-refractivity contribution < 1.29 is 0 Å². The van der Waals surface area contributed by atoms with Crippen molar-refractivity contribution in [3.63, 3.8) is 0 Å². The summed E-state index contributed by atoms with van der Waals surface area (Å²) in [5.74, 6) is 0. The van der Waals surface area contributed by atoms with Gasteiger partial charge in [-0.2, -0.15) is 0 Å². The van der Waals surface area contributed by atoms with E-state index in [0.717, 1.165) is 22.4 Å². The van der Waals surface area contributed by atoms with Gasteiger partial charge in [0.2, 0.25) is 0 Å². The van der Waals surface area contributed by atoms with Gasteiger partial charge in [-0.15, -0.1) is 11.3 Å². The highest BCUT2D eigenvalue weighted by Crippen LogP contribution is 2.33. The number of likely N-dealkylation sites (N-methyl/N-ethyl adjacent to an activating group) is 1. The van der Waals surface area contributed by atoms with Crippen molar-refractivity contribution in [1.82, 2.24) is 9.88 Å². The molecule has 0 spiro atoms. The smallest absolute Gasteiger partial charge is 0.0702 e. The Bertz CT molecular complexity index is 529. The molecule has 0 amide bonds. The van der Waals surface area contributed by atoms with E-state index in [1.54, 1.807) is 11.3 Å². The fraction of sp³-hybridized carbons (Fsp3) is 0.400. The third-order valence-electron chi connectivity index (χ3n) is 3.37. The Balaban J connectivity index is 2.18. The monoisotopic (exact) mass is 353 g/mol. The van der Waals surface area contributed by atoms with E-state index < -0.39 is 0 Å². The molecule has 2 rings (SSSR count). The Labute approximate surface area is 133 Å². The van der Waals surface area contributed by atoms with Crippen molar-refractivity contribution in [3.05, 3.63) is 50.9 Å². The van der Waals surface area contributed by atoms with E-state index >= 15 is 0 Å². The van der Waals surface area contributed by atoms with Gasteiger partial charge in [-0.3, -0.25) is 9.88 Å². The van der Waals surface area contributed by atoms with E-state index in [4.69, 9.17) is 5.73 Å². The highest BCUT2D eigenvalue weighted by atomic mass is 79.9. The third kappa shape index (κ3) is 3.88. The van der Waals surface area contributed by atoms with Gasteiger partial charge in [-0.25, -0.2) is 0 Å². The Morgan fingerprint density at radius 1 is 1.35 bits per heavy atom. The molecule has 20 heavy (non-hydrogen) atoms. The van der Waals surface area contributed by atoms with Crippen LogP contribution >= 0.6 is 27.3 Å². The lowest BCUT2D eigenvalue weighted by Crippen LogP contribution is -2.38. The van der Waals surface area contributed by atoms with Crippen LogP contribution in [0.2, 0.25) is 0 Å². The van der Waals surface area contributed by atoms with Crippen LogP contribution in [-0.2, 0) is 6.54 Å². The molecule has 2 N–H and O–H groups in total.